The van der Waals surface area contributed by atoms with Crippen molar-refractivity contribution in [3.63, 3.8) is 0 Å². The lowest BCUT2D eigenvalue weighted by Gasteiger charge is -2.21. The second-order valence-electron chi connectivity index (χ2n) is 3.69. The molecule has 0 aliphatic carbocycles. The van der Waals surface area contributed by atoms with E-state index in [1.165, 1.54) is 0 Å². The molecule has 0 saturated carbocycles. The molecule has 0 saturated heterocycles. The summed E-state index contributed by atoms with van der Waals surface area (Å²) in [7, 11) is 3.83. The SMILES string of the molecule is CN(C)CCN(CCC(=O)O)CC(N)=O. The van der Waals surface area contributed by atoms with Gasteiger partial charge in [-0.25, -0.2) is 0 Å². The number of carbonyl (C=O) groups is 2. The first-order chi connectivity index (χ1) is 6.91. The fourth-order valence-corrected chi connectivity index (χ4v) is 1.09. The van der Waals surface area contributed by atoms with Gasteiger partial charge in [0.1, 0.15) is 0 Å². The molecule has 0 spiro atoms. The van der Waals surface area contributed by atoms with Crippen LogP contribution in [0.25, 0.3) is 0 Å². The van der Waals surface area contributed by atoms with Gasteiger partial charge in [0.05, 0.1) is 13.0 Å². The van der Waals surface area contributed by atoms with Crippen molar-refractivity contribution in [3.05, 3.63) is 0 Å². The van der Waals surface area contributed by atoms with Gasteiger partial charge < -0.3 is 15.7 Å². The van der Waals surface area contributed by atoms with Gasteiger partial charge in [0.25, 0.3) is 0 Å². The van der Waals surface area contributed by atoms with Gasteiger partial charge in [0, 0.05) is 19.6 Å². The number of amides is 1. The van der Waals surface area contributed by atoms with Crippen LogP contribution in [0.4, 0.5) is 0 Å². The minimum Gasteiger partial charge on any atom is -0.481 e. The molecule has 0 aromatic carbocycles. The maximum absolute atomic E-state index is 10.7. The van der Waals surface area contributed by atoms with Crippen LogP contribution in [0.15, 0.2) is 0 Å². The number of carboxylic acid groups (broad SMARTS) is 1. The minimum atomic E-state index is -0.866. The zero-order valence-electron chi connectivity index (χ0n) is 9.27. The number of carbonyl (C=O) groups excluding carboxylic acids is 1. The summed E-state index contributed by atoms with van der Waals surface area (Å²) in [5.41, 5.74) is 5.06. The lowest BCUT2D eigenvalue weighted by molar-refractivity contribution is -0.137. The summed E-state index contributed by atoms with van der Waals surface area (Å²) in [4.78, 5) is 24.8. The molecule has 0 aliphatic rings. The van der Waals surface area contributed by atoms with E-state index in [0.29, 0.717) is 13.1 Å². The van der Waals surface area contributed by atoms with E-state index in [1.54, 1.807) is 4.90 Å². The molecule has 15 heavy (non-hydrogen) atoms. The molecule has 0 fully saturated rings. The first-order valence-corrected chi connectivity index (χ1v) is 4.79. The monoisotopic (exact) mass is 217 g/mol. The van der Waals surface area contributed by atoms with Crippen LogP contribution >= 0.6 is 0 Å². The molecule has 6 nitrogen and oxygen atoms in total. The van der Waals surface area contributed by atoms with E-state index >= 15 is 0 Å². The van der Waals surface area contributed by atoms with Crippen LogP contribution in [0.1, 0.15) is 6.42 Å². The fourth-order valence-electron chi connectivity index (χ4n) is 1.09. The Morgan fingerprint density at radius 3 is 2.20 bits per heavy atom. The van der Waals surface area contributed by atoms with E-state index in [2.05, 4.69) is 0 Å². The van der Waals surface area contributed by atoms with Gasteiger partial charge >= 0.3 is 5.97 Å². The number of nitrogens with two attached hydrogens (primary N) is 1. The van der Waals surface area contributed by atoms with Crippen molar-refractivity contribution in [2.75, 3.05) is 40.3 Å². The van der Waals surface area contributed by atoms with E-state index in [1.807, 2.05) is 19.0 Å². The van der Waals surface area contributed by atoms with Gasteiger partial charge in [-0.15, -0.1) is 0 Å². The van der Waals surface area contributed by atoms with Crippen molar-refractivity contribution < 1.29 is 14.7 Å². The summed E-state index contributed by atoms with van der Waals surface area (Å²) in [6.45, 7) is 1.88. The maximum Gasteiger partial charge on any atom is 0.304 e. The molecule has 0 aromatic heterocycles. The quantitative estimate of drug-likeness (QED) is 0.534. The molecule has 0 bridgehead atoms. The number of primary amides is 1. The molecule has 0 radical (unpaired) electrons. The summed E-state index contributed by atoms with van der Waals surface area (Å²) in [5, 5.41) is 8.52. The van der Waals surface area contributed by atoms with E-state index in [9.17, 15) is 9.59 Å². The van der Waals surface area contributed by atoms with Crippen molar-refractivity contribution >= 4 is 11.9 Å². The molecular weight excluding hydrogens is 198 g/mol. The molecule has 0 heterocycles. The van der Waals surface area contributed by atoms with Crippen molar-refractivity contribution in [2.45, 2.75) is 6.42 Å². The third-order valence-electron chi connectivity index (χ3n) is 1.88. The lowest BCUT2D eigenvalue weighted by Crippen LogP contribution is -2.39. The number of aliphatic carboxylic acids is 1. The van der Waals surface area contributed by atoms with Crippen LogP contribution in [0.3, 0.4) is 0 Å². The maximum atomic E-state index is 10.7. The zero-order chi connectivity index (χ0) is 11.8. The van der Waals surface area contributed by atoms with Gasteiger partial charge in [-0.2, -0.15) is 0 Å². The van der Waals surface area contributed by atoms with E-state index < -0.39 is 11.9 Å². The lowest BCUT2D eigenvalue weighted by atomic mass is 10.3. The normalized spacial score (nSPS) is 10.9. The minimum absolute atomic E-state index is 0.0285. The Morgan fingerprint density at radius 1 is 1.20 bits per heavy atom. The second-order valence-corrected chi connectivity index (χ2v) is 3.69. The molecule has 1 amide bonds. The standard InChI is InChI=1S/C9H19N3O3/c1-11(2)5-6-12(7-8(10)13)4-3-9(14)15/h3-7H2,1-2H3,(H2,10,13)(H,14,15). The molecule has 0 aromatic rings. The highest BCUT2D eigenvalue weighted by Gasteiger charge is 2.10. The van der Waals surface area contributed by atoms with Gasteiger partial charge in [0.2, 0.25) is 5.91 Å². The number of rotatable bonds is 8. The summed E-state index contributed by atoms with van der Waals surface area (Å²) in [5.74, 6) is -1.30. The third kappa shape index (κ3) is 9.17. The van der Waals surface area contributed by atoms with Crippen LogP contribution in [0, 0.1) is 0 Å². The van der Waals surface area contributed by atoms with E-state index in [0.717, 1.165) is 6.54 Å². The Morgan fingerprint density at radius 2 is 1.80 bits per heavy atom. The van der Waals surface area contributed by atoms with Gasteiger partial charge in [0.15, 0.2) is 0 Å². The largest absolute Gasteiger partial charge is 0.481 e. The van der Waals surface area contributed by atoms with Crippen molar-refractivity contribution in [3.8, 4) is 0 Å². The molecular formula is C9H19N3O3. The molecule has 6 heteroatoms. The molecule has 0 rings (SSSR count). The molecule has 3 N–H and O–H groups in total. The Kier molecular flexibility index (Phi) is 6.64. The Balaban J connectivity index is 3.94. The average Bonchev–Trinajstić information content (AvgIpc) is 2.08. The zero-order valence-corrected chi connectivity index (χ0v) is 9.27. The predicted octanol–water partition coefficient (Wildman–Crippen LogP) is -1.19. The summed E-state index contributed by atoms with van der Waals surface area (Å²) >= 11 is 0. The van der Waals surface area contributed by atoms with Gasteiger partial charge in [-0.1, -0.05) is 0 Å². The molecule has 0 unspecified atom stereocenters. The topological polar surface area (TPSA) is 86.9 Å². The molecule has 88 valence electrons. The number of hydrogen-bond donors (Lipinski definition) is 2. The number of hydrogen-bond acceptors (Lipinski definition) is 4. The highest BCUT2D eigenvalue weighted by molar-refractivity contribution is 5.76. The first-order valence-electron chi connectivity index (χ1n) is 4.79. The van der Waals surface area contributed by atoms with Gasteiger partial charge in [-0.3, -0.25) is 14.5 Å². The van der Waals surface area contributed by atoms with Crippen LogP contribution in [-0.4, -0.2) is 67.1 Å². The highest BCUT2D eigenvalue weighted by Crippen LogP contribution is 1.92. The smallest absolute Gasteiger partial charge is 0.304 e. The van der Waals surface area contributed by atoms with Gasteiger partial charge in [-0.05, 0) is 14.1 Å². The highest BCUT2D eigenvalue weighted by atomic mass is 16.4. The molecule has 0 atom stereocenters. The van der Waals surface area contributed by atoms with Crippen molar-refractivity contribution in [1.29, 1.82) is 0 Å². The number of likely N-dealkylation sites (N-methyl/N-ethyl adjacent to an activating group) is 1. The van der Waals surface area contributed by atoms with E-state index in [-0.39, 0.29) is 13.0 Å². The average molecular weight is 217 g/mol. The summed E-state index contributed by atoms with van der Waals surface area (Å²) in [6, 6.07) is 0. The van der Waals surface area contributed by atoms with Crippen LogP contribution in [0.2, 0.25) is 0 Å². The van der Waals surface area contributed by atoms with Crippen LogP contribution in [-0.2, 0) is 9.59 Å². The van der Waals surface area contributed by atoms with E-state index in [4.69, 9.17) is 10.8 Å². The first kappa shape index (κ1) is 13.9. The predicted molar refractivity (Wildman–Crippen MR) is 56.4 cm³/mol. The molecule has 0 aliphatic heterocycles. The fraction of sp³-hybridized carbons (Fsp3) is 0.778. The van der Waals surface area contributed by atoms with Crippen molar-refractivity contribution in [1.82, 2.24) is 9.80 Å². The Labute approximate surface area is 89.6 Å². The number of carboxylic acids is 1. The van der Waals surface area contributed by atoms with Crippen LogP contribution in [0.5, 0.6) is 0 Å². The Bertz CT molecular complexity index is 219. The Hall–Kier alpha value is -1.14. The van der Waals surface area contributed by atoms with Crippen LogP contribution < -0.4 is 5.73 Å². The third-order valence-corrected chi connectivity index (χ3v) is 1.88. The van der Waals surface area contributed by atoms with Crippen molar-refractivity contribution in [2.24, 2.45) is 5.73 Å². The summed E-state index contributed by atoms with van der Waals surface area (Å²) in [6.07, 6.45) is 0.0285. The second kappa shape index (κ2) is 7.19. The number of nitrogens with zero attached hydrogens (tertiary/aromatic N) is 2. The summed E-state index contributed by atoms with van der Waals surface area (Å²) < 4.78 is 0.